The van der Waals surface area contributed by atoms with Crippen LogP contribution in [0.3, 0.4) is 0 Å². The van der Waals surface area contributed by atoms with Crippen LogP contribution in [0.4, 0.5) is 10.5 Å². The highest BCUT2D eigenvalue weighted by Crippen LogP contribution is 2.36. The summed E-state index contributed by atoms with van der Waals surface area (Å²) in [4.78, 5) is 49.5. The van der Waals surface area contributed by atoms with Gasteiger partial charge in [-0.15, -0.1) is 0 Å². The van der Waals surface area contributed by atoms with Gasteiger partial charge in [-0.2, -0.15) is 0 Å². The Morgan fingerprint density at radius 3 is 2.42 bits per heavy atom. The van der Waals surface area contributed by atoms with Crippen LogP contribution < -0.4 is 4.74 Å². The van der Waals surface area contributed by atoms with Crippen molar-refractivity contribution < 1.29 is 24.0 Å². The summed E-state index contributed by atoms with van der Waals surface area (Å²) in [5.41, 5.74) is 1.66. The minimum Gasteiger partial charge on any atom is -0.487 e. The van der Waals surface area contributed by atoms with Gasteiger partial charge in [-0.3, -0.25) is 29.4 Å². The number of amides is 2. The first kappa shape index (κ1) is 26.3. The van der Waals surface area contributed by atoms with Crippen LogP contribution in [0, 0.1) is 17.3 Å². The van der Waals surface area contributed by atoms with Gasteiger partial charge in [0.25, 0.3) is 16.8 Å². The van der Waals surface area contributed by atoms with Crippen LogP contribution in [0.5, 0.6) is 5.75 Å². The molecule has 0 spiro atoms. The van der Waals surface area contributed by atoms with Crippen molar-refractivity contribution in [2.75, 3.05) is 6.54 Å². The summed E-state index contributed by atoms with van der Waals surface area (Å²) in [7, 11) is 0. The van der Waals surface area contributed by atoms with Crippen molar-refractivity contribution in [1.29, 1.82) is 0 Å². The zero-order valence-electron chi connectivity index (χ0n) is 18.4. The van der Waals surface area contributed by atoms with Crippen LogP contribution in [0.2, 0.25) is 0 Å². The van der Waals surface area contributed by atoms with Gasteiger partial charge in [0.1, 0.15) is 12.4 Å². The first-order valence-corrected chi connectivity index (χ1v) is 13.4. The second-order valence-electron chi connectivity index (χ2n) is 7.58. The number of carbonyl (C=O) groups is 3. The van der Waals surface area contributed by atoms with Gasteiger partial charge in [0.15, 0.2) is 5.78 Å². The molecule has 0 aromatic heterocycles. The van der Waals surface area contributed by atoms with Gasteiger partial charge >= 0.3 is 0 Å². The molecule has 4 rings (SSSR count). The first-order chi connectivity index (χ1) is 17.2. The monoisotopic (exact) mass is 726 g/mol. The normalized spacial score (nSPS) is 14.4. The van der Waals surface area contributed by atoms with E-state index < -0.39 is 28.4 Å². The molecule has 182 valence electrons. The lowest BCUT2D eigenvalue weighted by molar-refractivity contribution is -0.384. The number of ketones is 1. The maximum atomic E-state index is 13.0. The summed E-state index contributed by atoms with van der Waals surface area (Å²) in [5.74, 6) is -0.485. The average molecular weight is 726 g/mol. The SMILES string of the molecule is O=C(CN1C(=O)S/C(=C/c2cc(I)cc(I)c2OCc2ccccc2)C1=O)c1ccc([N+](=O)[O-])cc1. The Hall–Kier alpha value is -2.78. The number of non-ortho nitro benzene ring substituents is 1. The quantitative estimate of drug-likeness (QED) is 0.0882. The molecule has 0 atom stereocenters. The Morgan fingerprint density at radius 1 is 1.06 bits per heavy atom. The number of halogens is 2. The van der Waals surface area contributed by atoms with Gasteiger partial charge in [-0.25, -0.2) is 0 Å². The maximum Gasteiger partial charge on any atom is 0.293 e. The molecular weight excluding hydrogens is 710 g/mol. The zero-order chi connectivity index (χ0) is 25.8. The number of Topliss-reactive ketones (excluding diaryl/α,β-unsaturated/α-hetero) is 1. The number of ether oxygens (including phenoxy) is 1. The molecule has 3 aromatic carbocycles. The van der Waals surface area contributed by atoms with E-state index in [2.05, 4.69) is 45.2 Å². The molecule has 1 fully saturated rings. The third-order valence-electron chi connectivity index (χ3n) is 5.13. The van der Waals surface area contributed by atoms with E-state index >= 15 is 0 Å². The summed E-state index contributed by atoms with van der Waals surface area (Å²) in [6, 6.07) is 18.5. The molecule has 0 unspecified atom stereocenters. The first-order valence-electron chi connectivity index (χ1n) is 10.4. The minimum absolute atomic E-state index is 0.155. The van der Waals surface area contributed by atoms with E-state index in [-0.39, 0.29) is 16.2 Å². The molecule has 1 heterocycles. The van der Waals surface area contributed by atoms with Gasteiger partial charge < -0.3 is 4.74 Å². The van der Waals surface area contributed by atoms with E-state index in [0.717, 1.165) is 29.4 Å². The molecule has 1 aliphatic rings. The molecule has 8 nitrogen and oxygen atoms in total. The van der Waals surface area contributed by atoms with Crippen molar-refractivity contribution in [3.05, 3.63) is 106 Å². The van der Waals surface area contributed by atoms with Gasteiger partial charge in [-0.05, 0) is 92.8 Å². The summed E-state index contributed by atoms with van der Waals surface area (Å²) in [6.07, 6.45) is 1.60. The Balaban J connectivity index is 1.54. The lowest BCUT2D eigenvalue weighted by Gasteiger charge is -2.13. The fraction of sp³-hybridized carbons (Fsp3) is 0.0800. The second kappa shape index (κ2) is 11.5. The molecule has 36 heavy (non-hydrogen) atoms. The number of nitrogens with zero attached hydrogens (tertiary/aromatic N) is 2. The van der Waals surface area contributed by atoms with Crippen LogP contribution in [0.1, 0.15) is 21.5 Å². The lowest BCUT2D eigenvalue weighted by Crippen LogP contribution is -2.33. The highest BCUT2D eigenvalue weighted by atomic mass is 127. The van der Waals surface area contributed by atoms with Gasteiger partial charge in [-0.1, -0.05) is 30.3 Å². The summed E-state index contributed by atoms with van der Waals surface area (Å²) in [5, 5.41) is 10.3. The molecule has 3 aromatic rings. The van der Waals surface area contributed by atoms with Crippen molar-refractivity contribution in [2.45, 2.75) is 6.61 Å². The molecule has 1 aliphatic heterocycles. The number of hydrogen-bond acceptors (Lipinski definition) is 7. The number of rotatable bonds is 8. The molecule has 11 heteroatoms. The Labute approximate surface area is 237 Å². The number of imide groups is 1. The number of nitro groups is 1. The summed E-state index contributed by atoms with van der Waals surface area (Å²) < 4.78 is 7.87. The van der Waals surface area contributed by atoms with E-state index in [9.17, 15) is 24.5 Å². The van der Waals surface area contributed by atoms with Crippen molar-refractivity contribution in [1.82, 2.24) is 4.90 Å². The fourth-order valence-corrected chi connectivity index (χ4v) is 6.23. The third-order valence-corrected chi connectivity index (χ3v) is 7.46. The number of carbonyl (C=O) groups excluding carboxylic acids is 3. The largest absolute Gasteiger partial charge is 0.487 e. The number of hydrogen-bond donors (Lipinski definition) is 0. The molecular formula is C25H16I2N2O6S. The fourth-order valence-electron chi connectivity index (χ4n) is 3.35. The Morgan fingerprint density at radius 2 is 1.75 bits per heavy atom. The number of thioether (sulfide) groups is 1. The summed E-state index contributed by atoms with van der Waals surface area (Å²) >= 11 is 5.09. The highest BCUT2D eigenvalue weighted by molar-refractivity contribution is 14.1. The lowest BCUT2D eigenvalue weighted by atomic mass is 10.1. The molecule has 2 amide bonds. The van der Waals surface area contributed by atoms with E-state index in [0.29, 0.717) is 17.9 Å². The van der Waals surface area contributed by atoms with E-state index in [1.54, 1.807) is 6.08 Å². The number of nitro benzene ring substituents is 1. The molecule has 1 saturated heterocycles. The van der Waals surface area contributed by atoms with E-state index in [4.69, 9.17) is 4.74 Å². The van der Waals surface area contributed by atoms with Gasteiger partial charge in [0, 0.05) is 26.8 Å². The smallest absolute Gasteiger partial charge is 0.293 e. The molecule has 0 saturated carbocycles. The second-order valence-corrected chi connectivity index (χ2v) is 11.0. The predicted octanol–water partition coefficient (Wildman–Crippen LogP) is 6.30. The van der Waals surface area contributed by atoms with Crippen molar-refractivity contribution >= 4 is 85.6 Å². The summed E-state index contributed by atoms with van der Waals surface area (Å²) in [6.45, 7) is -0.121. The minimum atomic E-state index is -0.580. The topological polar surface area (TPSA) is 107 Å². The number of benzene rings is 3. The molecule has 0 aliphatic carbocycles. The maximum absolute atomic E-state index is 13.0. The zero-order valence-corrected chi connectivity index (χ0v) is 23.5. The van der Waals surface area contributed by atoms with Crippen LogP contribution in [-0.4, -0.2) is 33.3 Å². The standard InChI is InChI=1S/C25H16I2N2O6S/c26-18-10-17(23(20(27)12-18)35-14-15-4-2-1-3-5-15)11-22-24(31)28(25(32)36-22)13-21(30)16-6-8-19(9-7-16)29(33)34/h1-12H,13-14H2/b22-11+. The molecule has 0 bridgehead atoms. The predicted molar refractivity (Wildman–Crippen MR) is 153 cm³/mol. The van der Waals surface area contributed by atoms with Gasteiger partial charge in [0.2, 0.25) is 0 Å². The Kier molecular flexibility index (Phi) is 8.41. The third kappa shape index (κ3) is 6.13. The molecule has 0 radical (unpaired) electrons. The van der Waals surface area contributed by atoms with Crippen molar-refractivity contribution in [3.63, 3.8) is 0 Å². The van der Waals surface area contributed by atoms with Crippen LogP contribution in [0.15, 0.2) is 71.6 Å². The van der Waals surface area contributed by atoms with Crippen molar-refractivity contribution in [2.24, 2.45) is 0 Å². The highest BCUT2D eigenvalue weighted by Gasteiger charge is 2.36. The molecule has 0 N–H and O–H groups in total. The average Bonchev–Trinajstić information content (AvgIpc) is 3.11. The van der Waals surface area contributed by atoms with Crippen LogP contribution >= 0.6 is 56.9 Å². The van der Waals surface area contributed by atoms with Crippen molar-refractivity contribution in [3.8, 4) is 5.75 Å². The van der Waals surface area contributed by atoms with E-state index in [1.165, 1.54) is 24.3 Å². The van der Waals surface area contributed by atoms with E-state index in [1.807, 2.05) is 42.5 Å². The van der Waals surface area contributed by atoms with Crippen LogP contribution in [0.25, 0.3) is 6.08 Å². The Bertz CT molecular complexity index is 1390. The van der Waals surface area contributed by atoms with Crippen LogP contribution in [-0.2, 0) is 11.4 Å². The van der Waals surface area contributed by atoms with Gasteiger partial charge in [0.05, 0.1) is 19.9 Å².